The van der Waals surface area contributed by atoms with Crippen molar-refractivity contribution >= 4 is 18.0 Å². The summed E-state index contributed by atoms with van der Waals surface area (Å²) in [6, 6.07) is 15.4. The largest absolute Gasteiger partial charge is 0.394 e. The molecule has 0 saturated carbocycles. The van der Waals surface area contributed by atoms with Crippen LogP contribution >= 0.6 is 11.6 Å². The lowest BCUT2D eigenvalue weighted by atomic mass is 9.79. The summed E-state index contributed by atoms with van der Waals surface area (Å²) < 4.78 is 26.1. The molecule has 1 saturated heterocycles. The van der Waals surface area contributed by atoms with E-state index in [0.717, 1.165) is 6.42 Å². The Morgan fingerprint density at radius 2 is 1.89 bits per heavy atom. The molecule has 1 amide bonds. The van der Waals surface area contributed by atoms with Gasteiger partial charge in [-0.15, -0.1) is 0 Å². The molecule has 1 fully saturated rings. The van der Waals surface area contributed by atoms with E-state index in [2.05, 4.69) is 37.5 Å². The average molecular weight is 524 g/mol. The first-order valence-corrected chi connectivity index (χ1v) is 12.1. The lowest BCUT2D eigenvalue weighted by molar-refractivity contribution is -0.109. The maximum atomic E-state index is 14.2. The number of aliphatic hydroxyl groups is 2. The Balaban J connectivity index is 0.000000333. The van der Waals surface area contributed by atoms with Gasteiger partial charge in [0.2, 0.25) is 6.41 Å². The molecule has 36 heavy (non-hydrogen) atoms. The zero-order valence-electron chi connectivity index (χ0n) is 20.9. The summed E-state index contributed by atoms with van der Waals surface area (Å²) in [5.41, 5.74) is 0.683. The highest BCUT2D eigenvalue weighted by atomic mass is 35.5. The number of halogens is 3. The SMILES string of the molecule is CC(C)(C)CC1NCC(c2cccc(Cl)c2F)C1C#N.Fc1ccccc1.O=CNCCC(O)CO. The number of hydrogen-bond donors (Lipinski definition) is 4. The summed E-state index contributed by atoms with van der Waals surface area (Å²) in [5, 5.41) is 32.3. The van der Waals surface area contributed by atoms with E-state index in [1.165, 1.54) is 18.2 Å². The zero-order valence-corrected chi connectivity index (χ0v) is 21.7. The van der Waals surface area contributed by atoms with Gasteiger partial charge in [0, 0.05) is 25.0 Å². The third kappa shape index (κ3) is 11.4. The first-order chi connectivity index (χ1) is 17.0. The molecule has 0 aliphatic carbocycles. The van der Waals surface area contributed by atoms with Gasteiger partial charge in [-0.05, 0) is 42.0 Å². The van der Waals surface area contributed by atoms with E-state index in [1.807, 2.05) is 0 Å². The highest BCUT2D eigenvalue weighted by Crippen LogP contribution is 2.38. The number of hydrogen-bond acceptors (Lipinski definition) is 5. The second-order valence-electron chi connectivity index (χ2n) is 9.68. The van der Waals surface area contributed by atoms with Crippen LogP contribution in [-0.4, -0.2) is 48.5 Å². The van der Waals surface area contributed by atoms with Crippen molar-refractivity contribution in [2.45, 2.75) is 51.7 Å². The molecule has 1 heterocycles. The van der Waals surface area contributed by atoms with Crippen molar-refractivity contribution in [1.29, 1.82) is 5.26 Å². The second-order valence-corrected chi connectivity index (χ2v) is 10.1. The van der Waals surface area contributed by atoms with Crippen molar-refractivity contribution < 1.29 is 23.8 Å². The van der Waals surface area contributed by atoms with Gasteiger partial charge in [-0.3, -0.25) is 4.79 Å². The van der Waals surface area contributed by atoms with Crippen LogP contribution in [0.1, 0.15) is 45.1 Å². The molecule has 4 unspecified atom stereocenters. The number of carbonyl (C=O) groups is 1. The maximum Gasteiger partial charge on any atom is 0.207 e. The lowest BCUT2D eigenvalue weighted by Gasteiger charge is -2.26. The minimum Gasteiger partial charge on any atom is -0.394 e. The highest BCUT2D eigenvalue weighted by molar-refractivity contribution is 6.30. The van der Waals surface area contributed by atoms with Crippen molar-refractivity contribution in [3.63, 3.8) is 0 Å². The van der Waals surface area contributed by atoms with Gasteiger partial charge < -0.3 is 20.8 Å². The van der Waals surface area contributed by atoms with E-state index in [0.29, 0.717) is 31.5 Å². The molecule has 0 radical (unpaired) electrons. The monoisotopic (exact) mass is 523 g/mol. The molecule has 0 bridgehead atoms. The van der Waals surface area contributed by atoms with E-state index in [9.17, 15) is 18.8 Å². The molecule has 1 aliphatic heterocycles. The molecule has 4 atom stereocenters. The second kappa shape index (κ2) is 16.2. The van der Waals surface area contributed by atoms with Crippen LogP contribution in [0.25, 0.3) is 0 Å². The molecule has 2 aromatic rings. The van der Waals surface area contributed by atoms with Crippen LogP contribution in [0.2, 0.25) is 5.02 Å². The molecule has 6 nitrogen and oxygen atoms in total. The van der Waals surface area contributed by atoms with Crippen LogP contribution in [0, 0.1) is 34.3 Å². The Bertz CT molecular complexity index is 952. The number of nitrogens with one attached hydrogen (secondary N) is 2. The number of nitriles is 1. The van der Waals surface area contributed by atoms with Gasteiger partial charge in [0.25, 0.3) is 0 Å². The fourth-order valence-corrected chi connectivity index (χ4v) is 3.96. The molecule has 9 heteroatoms. The van der Waals surface area contributed by atoms with Gasteiger partial charge in [0.05, 0.1) is 29.7 Å². The quantitative estimate of drug-likeness (QED) is 0.318. The molecular weight excluding hydrogens is 488 g/mol. The van der Waals surface area contributed by atoms with Crippen LogP contribution in [0.4, 0.5) is 8.78 Å². The predicted molar refractivity (Wildman–Crippen MR) is 137 cm³/mol. The Hall–Kier alpha value is -2.57. The number of rotatable bonds is 7. The molecule has 3 rings (SSSR count). The van der Waals surface area contributed by atoms with Crippen LogP contribution in [0.5, 0.6) is 0 Å². The third-order valence-corrected chi connectivity index (χ3v) is 5.77. The van der Waals surface area contributed by atoms with Crippen molar-refractivity contribution in [3.05, 3.63) is 70.8 Å². The van der Waals surface area contributed by atoms with E-state index in [4.69, 9.17) is 21.8 Å². The number of amides is 1. The predicted octanol–water partition coefficient (Wildman–Crippen LogP) is 4.41. The van der Waals surface area contributed by atoms with Crippen molar-refractivity contribution in [1.82, 2.24) is 10.6 Å². The first kappa shape index (κ1) is 31.5. The Morgan fingerprint density at radius 3 is 2.39 bits per heavy atom. The van der Waals surface area contributed by atoms with Crippen molar-refractivity contribution in [2.75, 3.05) is 19.7 Å². The number of aliphatic hydroxyl groups excluding tert-OH is 2. The highest BCUT2D eigenvalue weighted by Gasteiger charge is 2.39. The molecule has 4 N–H and O–H groups in total. The van der Waals surface area contributed by atoms with Crippen LogP contribution in [0.15, 0.2) is 48.5 Å². The van der Waals surface area contributed by atoms with Crippen LogP contribution in [-0.2, 0) is 4.79 Å². The van der Waals surface area contributed by atoms with Gasteiger partial charge in [-0.2, -0.15) is 5.26 Å². The number of benzene rings is 2. The van der Waals surface area contributed by atoms with Gasteiger partial charge in [0.15, 0.2) is 0 Å². The number of carbonyl (C=O) groups excluding carboxylic acids is 1. The summed E-state index contributed by atoms with van der Waals surface area (Å²) >= 11 is 5.85. The average Bonchev–Trinajstić information content (AvgIpc) is 3.22. The number of nitrogens with zero attached hydrogens (tertiary/aromatic N) is 1. The third-order valence-electron chi connectivity index (χ3n) is 5.48. The van der Waals surface area contributed by atoms with E-state index in [-0.39, 0.29) is 40.7 Å². The van der Waals surface area contributed by atoms with Crippen LogP contribution in [0.3, 0.4) is 0 Å². The molecule has 198 valence electrons. The normalized spacial score (nSPS) is 19.6. The van der Waals surface area contributed by atoms with Gasteiger partial charge in [-0.1, -0.05) is 62.7 Å². The van der Waals surface area contributed by atoms with E-state index in [1.54, 1.807) is 30.3 Å². The fraction of sp³-hybridized carbons (Fsp3) is 0.481. The van der Waals surface area contributed by atoms with E-state index >= 15 is 0 Å². The molecule has 1 aliphatic rings. The van der Waals surface area contributed by atoms with E-state index < -0.39 is 11.9 Å². The zero-order chi connectivity index (χ0) is 27.1. The van der Waals surface area contributed by atoms with Gasteiger partial charge in [0.1, 0.15) is 11.6 Å². The summed E-state index contributed by atoms with van der Waals surface area (Å²) in [5.74, 6) is -0.923. The van der Waals surface area contributed by atoms with Gasteiger partial charge >= 0.3 is 0 Å². The van der Waals surface area contributed by atoms with Crippen LogP contribution < -0.4 is 10.6 Å². The summed E-state index contributed by atoms with van der Waals surface area (Å²) in [7, 11) is 0. The summed E-state index contributed by atoms with van der Waals surface area (Å²) in [6.45, 7) is 7.23. The Labute approximate surface area is 217 Å². The van der Waals surface area contributed by atoms with Crippen molar-refractivity contribution in [3.8, 4) is 6.07 Å². The smallest absolute Gasteiger partial charge is 0.207 e. The first-order valence-electron chi connectivity index (χ1n) is 11.8. The Morgan fingerprint density at radius 1 is 1.22 bits per heavy atom. The summed E-state index contributed by atoms with van der Waals surface area (Å²) in [4.78, 5) is 9.62. The standard InChI is InChI=1S/C16H20ClFN2.C6H5F.C5H11NO3/c1-16(2,3)7-14-11(8-19)12(9-20-14)10-5-4-6-13(17)15(10)18;7-6-4-2-1-3-5-6;7-3-5(9)1-2-6-4-8/h4-6,11-12,14,20H,7,9H2,1-3H3;1-5H;4-5,7,9H,1-3H2,(H,6,8). The minimum atomic E-state index is -0.711. The Kier molecular flexibility index (Phi) is 14.2. The molecular formula is C27H36ClF2N3O3. The summed E-state index contributed by atoms with van der Waals surface area (Å²) in [6.07, 6.45) is 1.14. The molecule has 2 aromatic carbocycles. The lowest BCUT2D eigenvalue weighted by Crippen LogP contribution is -2.31. The minimum absolute atomic E-state index is 0.100. The maximum absolute atomic E-state index is 14.2. The molecule has 0 aromatic heterocycles. The van der Waals surface area contributed by atoms with Crippen molar-refractivity contribution in [2.24, 2.45) is 11.3 Å². The van der Waals surface area contributed by atoms with Gasteiger partial charge in [-0.25, -0.2) is 8.78 Å². The molecule has 0 spiro atoms. The topological polar surface area (TPSA) is 105 Å². The fourth-order valence-electron chi connectivity index (χ4n) is 3.78.